The molecule has 0 aliphatic carbocycles. The van der Waals surface area contributed by atoms with Gasteiger partial charge in [0.2, 0.25) is 5.91 Å². The zero-order valence-corrected chi connectivity index (χ0v) is 12.7. The van der Waals surface area contributed by atoms with Crippen LogP contribution in [0.5, 0.6) is 0 Å². The summed E-state index contributed by atoms with van der Waals surface area (Å²) in [4.78, 5) is 28.9. The highest BCUT2D eigenvalue weighted by Crippen LogP contribution is 2.26. The smallest absolute Gasteiger partial charge is 0.252 e. The van der Waals surface area contributed by atoms with E-state index in [9.17, 15) is 9.59 Å². The summed E-state index contributed by atoms with van der Waals surface area (Å²) in [7, 11) is 0. The van der Waals surface area contributed by atoms with Crippen LogP contribution in [0.1, 0.15) is 32.6 Å². The van der Waals surface area contributed by atoms with Gasteiger partial charge in [0.1, 0.15) is 12.1 Å². The molecular weight excluding hydrogens is 270 g/mol. The molecule has 0 saturated carbocycles. The van der Waals surface area contributed by atoms with Crippen LogP contribution in [0.3, 0.4) is 0 Å². The molecule has 0 radical (unpaired) electrons. The standard InChI is InChI=1S/C15H25N3O3/c1-11-4-5-13(21-11)15(20)18-8-2-3-12(18)14(19)17-9-6-16-7-10-17/h11-13,16H,2-10H2,1H3. The fourth-order valence-corrected chi connectivity index (χ4v) is 3.55. The van der Waals surface area contributed by atoms with Crippen molar-refractivity contribution in [2.75, 3.05) is 32.7 Å². The van der Waals surface area contributed by atoms with Crippen molar-refractivity contribution in [2.45, 2.75) is 50.9 Å². The zero-order chi connectivity index (χ0) is 14.8. The average Bonchev–Trinajstić information content (AvgIpc) is 3.15. The van der Waals surface area contributed by atoms with Crippen LogP contribution < -0.4 is 5.32 Å². The Morgan fingerprint density at radius 2 is 1.81 bits per heavy atom. The maximum Gasteiger partial charge on any atom is 0.252 e. The van der Waals surface area contributed by atoms with Crippen molar-refractivity contribution in [1.82, 2.24) is 15.1 Å². The number of nitrogens with one attached hydrogen (secondary N) is 1. The maximum absolute atomic E-state index is 12.7. The molecule has 21 heavy (non-hydrogen) atoms. The van der Waals surface area contributed by atoms with E-state index in [1.54, 1.807) is 4.90 Å². The average molecular weight is 295 g/mol. The number of rotatable bonds is 2. The third kappa shape index (κ3) is 3.06. The van der Waals surface area contributed by atoms with Gasteiger partial charge < -0.3 is 19.9 Å². The van der Waals surface area contributed by atoms with Crippen LogP contribution in [0, 0.1) is 0 Å². The van der Waals surface area contributed by atoms with Crippen molar-refractivity contribution in [3.63, 3.8) is 0 Å². The summed E-state index contributed by atoms with van der Waals surface area (Å²) >= 11 is 0. The van der Waals surface area contributed by atoms with Crippen molar-refractivity contribution in [3.05, 3.63) is 0 Å². The molecule has 1 N–H and O–H groups in total. The maximum atomic E-state index is 12.7. The molecule has 6 heteroatoms. The molecule has 0 aromatic carbocycles. The number of hydrogen-bond donors (Lipinski definition) is 1. The highest BCUT2D eigenvalue weighted by molar-refractivity contribution is 5.90. The molecule has 3 saturated heterocycles. The minimum atomic E-state index is -0.337. The van der Waals surface area contributed by atoms with E-state index >= 15 is 0 Å². The summed E-state index contributed by atoms with van der Waals surface area (Å²) in [6.07, 6.45) is 3.24. The normalized spacial score (nSPS) is 33.5. The van der Waals surface area contributed by atoms with Crippen LogP contribution in [0.2, 0.25) is 0 Å². The predicted molar refractivity (Wildman–Crippen MR) is 77.8 cm³/mol. The second kappa shape index (κ2) is 6.32. The first-order valence-electron chi connectivity index (χ1n) is 8.12. The molecule has 3 unspecified atom stereocenters. The quantitative estimate of drug-likeness (QED) is 0.777. The Morgan fingerprint density at radius 1 is 1.05 bits per heavy atom. The number of piperazine rings is 1. The fraction of sp³-hybridized carbons (Fsp3) is 0.867. The van der Waals surface area contributed by atoms with E-state index in [4.69, 9.17) is 4.74 Å². The van der Waals surface area contributed by atoms with Crippen molar-refractivity contribution < 1.29 is 14.3 Å². The van der Waals surface area contributed by atoms with E-state index in [1.165, 1.54) is 0 Å². The van der Waals surface area contributed by atoms with Crippen molar-refractivity contribution >= 4 is 11.8 Å². The third-order valence-electron chi connectivity index (χ3n) is 4.76. The summed E-state index contributed by atoms with van der Waals surface area (Å²) in [5, 5.41) is 3.25. The van der Waals surface area contributed by atoms with Gasteiger partial charge in [0.25, 0.3) is 5.91 Å². The van der Waals surface area contributed by atoms with Crippen LogP contribution in [0.4, 0.5) is 0 Å². The molecule has 0 bridgehead atoms. The van der Waals surface area contributed by atoms with Crippen LogP contribution in [0.25, 0.3) is 0 Å². The molecule has 0 aromatic rings. The lowest BCUT2D eigenvalue weighted by Gasteiger charge is -2.33. The Balaban J connectivity index is 1.64. The number of hydrogen-bond acceptors (Lipinski definition) is 4. The summed E-state index contributed by atoms with van der Waals surface area (Å²) in [5.74, 6) is 0.138. The Hall–Kier alpha value is -1.14. The highest BCUT2D eigenvalue weighted by atomic mass is 16.5. The van der Waals surface area contributed by atoms with Gasteiger partial charge >= 0.3 is 0 Å². The fourth-order valence-electron chi connectivity index (χ4n) is 3.55. The van der Waals surface area contributed by atoms with Gasteiger partial charge in [-0.15, -0.1) is 0 Å². The van der Waals surface area contributed by atoms with E-state index < -0.39 is 0 Å². The van der Waals surface area contributed by atoms with E-state index in [0.717, 1.165) is 51.9 Å². The minimum Gasteiger partial charge on any atom is -0.365 e. The van der Waals surface area contributed by atoms with Gasteiger partial charge in [0, 0.05) is 32.7 Å². The van der Waals surface area contributed by atoms with Gasteiger partial charge in [-0.2, -0.15) is 0 Å². The van der Waals surface area contributed by atoms with Crippen molar-refractivity contribution in [3.8, 4) is 0 Å². The first-order valence-corrected chi connectivity index (χ1v) is 8.12. The number of carbonyl (C=O) groups excluding carboxylic acids is 2. The number of carbonyl (C=O) groups is 2. The Kier molecular flexibility index (Phi) is 4.45. The second-order valence-corrected chi connectivity index (χ2v) is 6.28. The molecule has 3 atom stereocenters. The van der Waals surface area contributed by atoms with Gasteiger partial charge in [0.15, 0.2) is 0 Å². The summed E-state index contributed by atoms with van der Waals surface area (Å²) in [6.45, 7) is 5.87. The first kappa shape index (κ1) is 14.8. The summed E-state index contributed by atoms with van der Waals surface area (Å²) in [6, 6.07) is -0.268. The van der Waals surface area contributed by atoms with Crippen molar-refractivity contribution in [1.29, 1.82) is 0 Å². The lowest BCUT2D eigenvalue weighted by molar-refractivity contribution is -0.150. The lowest BCUT2D eigenvalue weighted by atomic mass is 10.1. The van der Waals surface area contributed by atoms with Crippen LogP contribution in [0.15, 0.2) is 0 Å². The molecule has 0 spiro atoms. The third-order valence-corrected chi connectivity index (χ3v) is 4.76. The summed E-state index contributed by atoms with van der Waals surface area (Å²) < 4.78 is 5.68. The van der Waals surface area contributed by atoms with E-state index in [-0.39, 0.29) is 30.1 Å². The minimum absolute atomic E-state index is 0.0188. The van der Waals surface area contributed by atoms with Crippen LogP contribution in [-0.4, -0.2) is 72.6 Å². The molecule has 3 heterocycles. The Labute approximate surface area is 125 Å². The molecule has 3 fully saturated rings. The molecule has 118 valence electrons. The lowest BCUT2D eigenvalue weighted by Crippen LogP contribution is -2.54. The van der Waals surface area contributed by atoms with Gasteiger partial charge in [-0.25, -0.2) is 0 Å². The van der Waals surface area contributed by atoms with Gasteiger partial charge in [-0.05, 0) is 32.6 Å². The molecule has 3 aliphatic rings. The van der Waals surface area contributed by atoms with E-state index in [2.05, 4.69) is 5.32 Å². The topological polar surface area (TPSA) is 61.9 Å². The summed E-state index contributed by atoms with van der Waals surface area (Å²) in [5.41, 5.74) is 0. The SMILES string of the molecule is CC1CCC(C(=O)N2CCCC2C(=O)N2CCNCC2)O1. The van der Waals surface area contributed by atoms with Gasteiger partial charge in [-0.3, -0.25) is 9.59 Å². The molecular formula is C15H25N3O3. The monoisotopic (exact) mass is 295 g/mol. The van der Waals surface area contributed by atoms with Gasteiger partial charge in [0.05, 0.1) is 6.10 Å². The first-order chi connectivity index (χ1) is 10.2. The Morgan fingerprint density at radius 3 is 2.48 bits per heavy atom. The van der Waals surface area contributed by atoms with E-state index in [1.807, 2.05) is 11.8 Å². The number of nitrogens with zero attached hydrogens (tertiary/aromatic N) is 2. The predicted octanol–water partition coefficient (Wildman–Crippen LogP) is -0.0233. The van der Waals surface area contributed by atoms with Gasteiger partial charge in [-0.1, -0.05) is 0 Å². The molecule has 6 nitrogen and oxygen atoms in total. The number of amides is 2. The largest absolute Gasteiger partial charge is 0.365 e. The number of ether oxygens (including phenoxy) is 1. The Bertz CT molecular complexity index is 386. The molecule has 2 amide bonds. The molecule has 3 aliphatic heterocycles. The second-order valence-electron chi connectivity index (χ2n) is 6.28. The zero-order valence-electron chi connectivity index (χ0n) is 12.7. The molecule has 0 aromatic heterocycles. The highest BCUT2D eigenvalue weighted by Gasteiger charge is 2.41. The van der Waals surface area contributed by atoms with Crippen molar-refractivity contribution in [2.24, 2.45) is 0 Å². The molecule has 3 rings (SSSR count). The number of likely N-dealkylation sites (tertiary alicyclic amines) is 1. The van der Waals surface area contributed by atoms with E-state index in [0.29, 0.717) is 6.54 Å². The van der Waals surface area contributed by atoms with Crippen LogP contribution >= 0.6 is 0 Å². The van der Waals surface area contributed by atoms with Crippen LogP contribution in [-0.2, 0) is 14.3 Å².